The van der Waals surface area contributed by atoms with Crippen molar-refractivity contribution in [2.24, 2.45) is 0 Å². The van der Waals surface area contributed by atoms with Crippen LogP contribution in [0.2, 0.25) is 0 Å². The number of nitrogens with one attached hydrogen (secondary N) is 1. The molecule has 1 heterocycles. The summed E-state index contributed by atoms with van der Waals surface area (Å²) in [5, 5.41) is 3.80. The van der Waals surface area contributed by atoms with Crippen LogP contribution in [0.15, 0.2) is 61.0 Å². The average Bonchev–Trinajstić information content (AvgIpc) is 2.86. The second-order valence-corrected chi connectivity index (χ2v) is 8.65. The molecule has 29 heavy (non-hydrogen) atoms. The lowest BCUT2D eigenvalue weighted by Crippen LogP contribution is -2.34. The van der Waals surface area contributed by atoms with Crippen molar-refractivity contribution < 1.29 is 0 Å². The van der Waals surface area contributed by atoms with Crippen molar-refractivity contribution in [1.82, 2.24) is 10.2 Å². The molecule has 0 saturated carbocycles. The van der Waals surface area contributed by atoms with E-state index in [-0.39, 0.29) is 5.54 Å². The summed E-state index contributed by atoms with van der Waals surface area (Å²) < 4.78 is 0. The molecule has 2 rings (SSSR count). The van der Waals surface area contributed by atoms with Crippen LogP contribution in [0.1, 0.15) is 83.4 Å². The number of rotatable bonds is 10. The van der Waals surface area contributed by atoms with Gasteiger partial charge in [0.25, 0.3) is 0 Å². The Hall–Kier alpha value is -2.22. The van der Waals surface area contributed by atoms with E-state index < -0.39 is 0 Å². The number of aryl methyl sites for hydroxylation is 1. The maximum Gasteiger partial charge on any atom is 0.0653 e. The third-order valence-corrected chi connectivity index (χ3v) is 5.81. The second kappa shape index (κ2) is 10.0. The SMILES string of the molecule is C=C/C(=C\C(=C/CC)NC(CCC)CCC)N1C(=C)c2ccc(C)cc2C1(C)C. The Labute approximate surface area is 179 Å². The summed E-state index contributed by atoms with van der Waals surface area (Å²) in [5.74, 6) is 0. The number of benzene rings is 1. The van der Waals surface area contributed by atoms with Crippen molar-refractivity contribution >= 4 is 5.70 Å². The van der Waals surface area contributed by atoms with Gasteiger partial charge in [0, 0.05) is 28.7 Å². The smallest absolute Gasteiger partial charge is 0.0653 e. The van der Waals surface area contributed by atoms with E-state index in [2.05, 4.69) is 95.3 Å². The summed E-state index contributed by atoms with van der Waals surface area (Å²) >= 11 is 0. The van der Waals surface area contributed by atoms with Crippen LogP contribution in [0.25, 0.3) is 5.70 Å². The molecule has 0 aliphatic carbocycles. The summed E-state index contributed by atoms with van der Waals surface area (Å²) in [6, 6.07) is 7.18. The van der Waals surface area contributed by atoms with Gasteiger partial charge >= 0.3 is 0 Å². The van der Waals surface area contributed by atoms with Gasteiger partial charge in [-0.05, 0) is 57.7 Å². The van der Waals surface area contributed by atoms with Crippen LogP contribution in [0.3, 0.4) is 0 Å². The fourth-order valence-electron chi connectivity index (χ4n) is 4.45. The van der Waals surface area contributed by atoms with Gasteiger partial charge in [0.15, 0.2) is 0 Å². The van der Waals surface area contributed by atoms with Crippen LogP contribution >= 0.6 is 0 Å². The van der Waals surface area contributed by atoms with E-state index >= 15 is 0 Å². The molecule has 1 aliphatic heterocycles. The van der Waals surface area contributed by atoms with E-state index in [1.54, 1.807) is 0 Å². The van der Waals surface area contributed by atoms with Crippen LogP contribution in [-0.2, 0) is 5.54 Å². The van der Waals surface area contributed by atoms with Crippen LogP contribution in [0.5, 0.6) is 0 Å². The first-order valence-electron chi connectivity index (χ1n) is 11.2. The lowest BCUT2D eigenvalue weighted by Gasteiger charge is -2.36. The molecular weight excluding hydrogens is 352 g/mol. The summed E-state index contributed by atoms with van der Waals surface area (Å²) in [5.41, 5.74) is 7.01. The predicted molar refractivity (Wildman–Crippen MR) is 128 cm³/mol. The molecule has 2 nitrogen and oxygen atoms in total. The van der Waals surface area contributed by atoms with Gasteiger partial charge in [-0.15, -0.1) is 0 Å². The zero-order valence-electron chi connectivity index (χ0n) is 19.4. The van der Waals surface area contributed by atoms with Crippen LogP contribution in [0.4, 0.5) is 0 Å². The van der Waals surface area contributed by atoms with Gasteiger partial charge in [0.2, 0.25) is 0 Å². The van der Waals surface area contributed by atoms with E-state index in [0.29, 0.717) is 6.04 Å². The molecule has 1 aliphatic rings. The van der Waals surface area contributed by atoms with Crippen LogP contribution in [-0.4, -0.2) is 10.9 Å². The molecule has 1 N–H and O–H groups in total. The third-order valence-electron chi connectivity index (χ3n) is 5.81. The van der Waals surface area contributed by atoms with Gasteiger partial charge in [-0.3, -0.25) is 0 Å². The van der Waals surface area contributed by atoms with Crippen molar-refractivity contribution in [3.05, 3.63) is 77.7 Å². The van der Waals surface area contributed by atoms with Gasteiger partial charge < -0.3 is 10.2 Å². The van der Waals surface area contributed by atoms with Gasteiger partial charge in [-0.25, -0.2) is 0 Å². The molecule has 1 aromatic carbocycles. The van der Waals surface area contributed by atoms with E-state index in [9.17, 15) is 0 Å². The van der Waals surface area contributed by atoms with E-state index in [4.69, 9.17) is 0 Å². The minimum atomic E-state index is -0.165. The largest absolute Gasteiger partial charge is 0.383 e. The second-order valence-electron chi connectivity index (χ2n) is 8.65. The lowest BCUT2D eigenvalue weighted by molar-refractivity contribution is 0.278. The minimum Gasteiger partial charge on any atom is -0.383 e. The normalized spacial score (nSPS) is 16.4. The number of fused-ring (bicyclic) bond motifs is 1. The van der Waals surface area contributed by atoms with Gasteiger partial charge in [-0.1, -0.05) is 76.6 Å². The Kier molecular flexibility index (Phi) is 7.96. The van der Waals surface area contributed by atoms with Crippen LogP contribution < -0.4 is 5.32 Å². The number of hydrogen-bond donors (Lipinski definition) is 1. The molecule has 2 heteroatoms. The Bertz CT molecular complexity index is 789. The number of hydrogen-bond acceptors (Lipinski definition) is 2. The molecule has 0 aromatic heterocycles. The van der Waals surface area contributed by atoms with Crippen molar-refractivity contribution in [2.75, 3.05) is 0 Å². The highest BCUT2D eigenvalue weighted by Gasteiger charge is 2.40. The molecule has 0 unspecified atom stereocenters. The topological polar surface area (TPSA) is 15.3 Å². The highest BCUT2D eigenvalue weighted by molar-refractivity contribution is 5.74. The summed E-state index contributed by atoms with van der Waals surface area (Å²) in [4.78, 5) is 2.34. The number of allylic oxidation sites excluding steroid dienone is 3. The zero-order valence-corrected chi connectivity index (χ0v) is 19.4. The van der Waals surface area contributed by atoms with Crippen molar-refractivity contribution in [3.8, 4) is 0 Å². The fraction of sp³-hybridized carbons (Fsp3) is 0.481. The van der Waals surface area contributed by atoms with E-state index in [1.165, 1.54) is 48.1 Å². The predicted octanol–water partition coefficient (Wildman–Crippen LogP) is 7.44. The van der Waals surface area contributed by atoms with Gasteiger partial charge in [0.1, 0.15) is 0 Å². The van der Waals surface area contributed by atoms with Crippen molar-refractivity contribution in [3.63, 3.8) is 0 Å². The molecule has 158 valence electrons. The van der Waals surface area contributed by atoms with Gasteiger partial charge in [-0.2, -0.15) is 0 Å². The Morgan fingerprint density at radius 1 is 1.17 bits per heavy atom. The molecule has 0 radical (unpaired) electrons. The molecular formula is C27H40N2. The van der Waals surface area contributed by atoms with E-state index in [1.807, 2.05) is 6.08 Å². The molecule has 0 saturated heterocycles. The highest BCUT2D eigenvalue weighted by atomic mass is 15.2. The fourth-order valence-corrected chi connectivity index (χ4v) is 4.45. The van der Waals surface area contributed by atoms with E-state index in [0.717, 1.165) is 17.8 Å². The Morgan fingerprint density at radius 3 is 2.38 bits per heavy atom. The standard InChI is InChI=1S/C27H40N2/c1-9-13-22(14-10-2)28-23(15-11-3)19-24(12-4)29-21(6)25-17-16-20(5)18-26(25)27(29,7)8/h12,15-19,22,28H,4,6,9-11,13-14H2,1-3,5,7-8H3/b23-15+,24-19+. The molecule has 0 amide bonds. The van der Waals surface area contributed by atoms with Crippen molar-refractivity contribution in [1.29, 1.82) is 0 Å². The first kappa shape index (κ1) is 23.1. The Balaban J connectivity index is 2.42. The minimum absolute atomic E-state index is 0.165. The maximum atomic E-state index is 4.44. The summed E-state index contributed by atoms with van der Waals surface area (Å²) in [7, 11) is 0. The molecule has 0 fully saturated rings. The van der Waals surface area contributed by atoms with Gasteiger partial charge in [0.05, 0.1) is 5.54 Å². The highest BCUT2D eigenvalue weighted by Crippen LogP contribution is 2.47. The first-order valence-corrected chi connectivity index (χ1v) is 11.2. The summed E-state index contributed by atoms with van der Waals surface area (Å²) in [6.45, 7) is 22.0. The zero-order chi connectivity index (χ0) is 21.6. The Morgan fingerprint density at radius 2 is 1.83 bits per heavy atom. The molecule has 1 aromatic rings. The molecule has 0 atom stereocenters. The monoisotopic (exact) mass is 392 g/mol. The summed E-state index contributed by atoms with van der Waals surface area (Å²) in [6.07, 6.45) is 12.3. The quantitative estimate of drug-likeness (QED) is 0.416. The first-order chi connectivity index (χ1) is 13.8. The lowest BCUT2D eigenvalue weighted by atomic mass is 9.92. The third kappa shape index (κ3) is 5.04. The van der Waals surface area contributed by atoms with Crippen LogP contribution in [0, 0.1) is 6.92 Å². The number of nitrogens with zero attached hydrogens (tertiary/aromatic N) is 1. The maximum absolute atomic E-state index is 4.44. The molecule has 0 bridgehead atoms. The van der Waals surface area contributed by atoms with Crippen molar-refractivity contribution in [2.45, 2.75) is 85.2 Å². The average molecular weight is 393 g/mol. The molecule has 0 spiro atoms.